The average molecular weight is 449 g/mol. The topological polar surface area (TPSA) is 47.9 Å². The molecule has 1 N–H and O–H groups in total. The molecule has 4 heteroatoms. The van der Waals surface area contributed by atoms with Gasteiger partial charge in [-0.1, -0.05) is 118 Å². The number of aliphatic hydroxyl groups excluding tert-OH is 1. The zero-order chi connectivity index (χ0) is 25.3. The van der Waals surface area contributed by atoms with Crippen molar-refractivity contribution in [2.24, 2.45) is 0 Å². The van der Waals surface area contributed by atoms with Crippen LogP contribution in [-0.4, -0.2) is 5.11 Å². The maximum atomic E-state index is 9.98. The molecule has 0 aliphatic carbocycles. The molecule has 2 aromatic rings. The Labute approximate surface area is 197 Å². The monoisotopic (exact) mass is 448 g/mol. The molecule has 0 saturated heterocycles. The molecule has 2 aromatic carbocycles. The molecular formula is C28H48O4. The van der Waals surface area contributed by atoms with Crippen molar-refractivity contribution in [3.63, 3.8) is 0 Å². The Kier molecular flexibility index (Phi) is 18.0. The first-order valence-corrected chi connectivity index (χ1v) is 12.4. The Hall–Kier alpha value is -1.72. The minimum absolute atomic E-state index is 0.405. The van der Waals surface area contributed by atoms with E-state index in [0.29, 0.717) is 0 Å². The smallest absolute Gasteiger partial charge is 0.191 e. The molecule has 0 amide bonds. The third-order valence-electron chi connectivity index (χ3n) is 4.28. The van der Waals surface area contributed by atoms with E-state index in [9.17, 15) is 5.11 Å². The first-order valence-electron chi connectivity index (χ1n) is 12.4. The Bertz CT molecular complexity index is 712. The quantitative estimate of drug-likeness (QED) is 0.498. The number of aliphatic hydroxyl groups is 1. The maximum Gasteiger partial charge on any atom is 0.191 e. The highest BCUT2D eigenvalue weighted by Gasteiger charge is 2.41. The fourth-order valence-electron chi connectivity index (χ4n) is 3.18. The Balaban J connectivity index is 0. The summed E-state index contributed by atoms with van der Waals surface area (Å²) in [5.74, 6) is 0. The number of hydrogen-bond acceptors (Lipinski definition) is 4. The van der Waals surface area contributed by atoms with Gasteiger partial charge in [-0.25, -0.2) is 0 Å². The van der Waals surface area contributed by atoms with Crippen LogP contribution in [-0.2, 0) is 19.8 Å². The van der Waals surface area contributed by atoms with Gasteiger partial charge in [0.1, 0.15) is 0 Å². The zero-order valence-corrected chi connectivity index (χ0v) is 22.5. The molecule has 0 bridgehead atoms. The van der Waals surface area contributed by atoms with Crippen LogP contribution in [0, 0.1) is 0 Å². The summed E-state index contributed by atoms with van der Waals surface area (Å²) < 4.78 is 17.6. The van der Waals surface area contributed by atoms with Crippen LogP contribution < -0.4 is 0 Å². The lowest BCUT2D eigenvalue weighted by Crippen LogP contribution is -2.17. The highest BCUT2D eigenvalue weighted by atomic mass is 16.8. The van der Waals surface area contributed by atoms with Crippen LogP contribution in [0.5, 0.6) is 0 Å². The van der Waals surface area contributed by atoms with E-state index in [1.165, 1.54) is 0 Å². The predicted molar refractivity (Wildman–Crippen MR) is 136 cm³/mol. The SMILES string of the molecule is CC.CC.CC.CC.CC.CC1(C)OC(OC2OC(O)c3ccccc32)c2ccccc21. The van der Waals surface area contributed by atoms with Crippen molar-refractivity contribution in [2.45, 2.75) is 108 Å². The summed E-state index contributed by atoms with van der Waals surface area (Å²) in [6, 6.07) is 15.6. The van der Waals surface area contributed by atoms with E-state index in [4.69, 9.17) is 14.2 Å². The minimum atomic E-state index is -0.953. The van der Waals surface area contributed by atoms with E-state index in [1.807, 2.05) is 126 Å². The fraction of sp³-hybridized carbons (Fsp3) is 0.571. The predicted octanol–water partition coefficient (Wildman–Crippen LogP) is 8.82. The van der Waals surface area contributed by atoms with Crippen molar-refractivity contribution in [1.29, 1.82) is 0 Å². The second kappa shape index (κ2) is 17.8. The minimum Gasteiger partial charge on any atom is -0.364 e. The molecule has 0 fully saturated rings. The molecular weight excluding hydrogens is 400 g/mol. The Morgan fingerprint density at radius 3 is 1.62 bits per heavy atom. The van der Waals surface area contributed by atoms with Crippen molar-refractivity contribution in [2.75, 3.05) is 0 Å². The molecule has 3 unspecified atom stereocenters. The maximum absolute atomic E-state index is 9.98. The van der Waals surface area contributed by atoms with Gasteiger partial charge >= 0.3 is 0 Å². The summed E-state index contributed by atoms with van der Waals surface area (Å²) in [4.78, 5) is 0. The van der Waals surface area contributed by atoms with E-state index in [1.54, 1.807) is 0 Å². The fourth-order valence-corrected chi connectivity index (χ4v) is 3.18. The molecule has 2 heterocycles. The van der Waals surface area contributed by atoms with Crippen molar-refractivity contribution >= 4 is 0 Å². The number of benzene rings is 2. The van der Waals surface area contributed by atoms with Gasteiger partial charge in [0.05, 0.1) is 5.60 Å². The summed E-state index contributed by atoms with van der Waals surface area (Å²) in [6.45, 7) is 24.0. The molecule has 4 nitrogen and oxygen atoms in total. The van der Waals surface area contributed by atoms with Crippen molar-refractivity contribution in [3.05, 3.63) is 70.8 Å². The molecule has 4 rings (SSSR count). The van der Waals surface area contributed by atoms with E-state index in [2.05, 4.69) is 6.07 Å². The van der Waals surface area contributed by atoms with Gasteiger partial charge in [-0.3, -0.25) is 0 Å². The first-order chi connectivity index (χ1) is 15.6. The Morgan fingerprint density at radius 2 is 1.09 bits per heavy atom. The van der Waals surface area contributed by atoms with Crippen LogP contribution in [0.25, 0.3) is 0 Å². The highest BCUT2D eigenvalue weighted by Crippen LogP contribution is 2.47. The van der Waals surface area contributed by atoms with Crippen molar-refractivity contribution in [3.8, 4) is 0 Å². The summed E-state index contributed by atoms with van der Waals surface area (Å²) in [5, 5.41) is 9.98. The van der Waals surface area contributed by atoms with Crippen LogP contribution >= 0.6 is 0 Å². The number of hydrogen-bond donors (Lipinski definition) is 1. The molecule has 0 spiro atoms. The van der Waals surface area contributed by atoms with Gasteiger partial charge in [-0.2, -0.15) is 0 Å². The van der Waals surface area contributed by atoms with E-state index in [0.717, 1.165) is 22.3 Å². The number of ether oxygens (including phenoxy) is 3. The lowest BCUT2D eigenvalue weighted by atomic mass is 9.96. The van der Waals surface area contributed by atoms with Crippen LogP contribution in [0.2, 0.25) is 0 Å². The molecule has 3 atom stereocenters. The van der Waals surface area contributed by atoms with E-state index in [-0.39, 0.29) is 0 Å². The normalized spacial score (nSPS) is 20.5. The second-order valence-corrected chi connectivity index (χ2v) is 6.13. The van der Waals surface area contributed by atoms with E-state index >= 15 is 0 Å². The van der Waals surface area contributed by atoms with Gasteiger partial charge in [0.25, 0.3) is 0 Å². The number of fused-ring (bicyclic) bond motifs is 2. The van der Waals surface area contributed by atoms with Gasteiger partial charge in [-0.05, 0) is 19.4 Å². The van der Waals surface area contributed by atoms with Gasteiger partial charge < -0.3 is 19.3 Å². The standard InChI is InChI=1S/C18H18O4.5C2H6/c1-18(2)14-10-6-5-9-13(14)17(22-18)21-16-12-8-4-3-7-11(12)15(19)20-16;5*1-2/h3-10,15-17,19H,1-2H3;5*1-2H3. The summed E-state index contributed by atoms with van der Waals surface area (Å²) in [5.41, 5.74) is 3.32. The van der Waals surface area contributed by atoms with Crippen LogP contribution in [0.3, 0.4) is 0 Å². The van der Waals surface area contributed by atoms with Gasteiger partial charge in [0.2, 0.25) is 0 Å². The second-order valence-electron chi connectivity index (χ2n) is 6.13. The average Bonchev–Trinajstić information content (AvgIpc) is 3.33. The molecule has 0 radical (unpaired) electrons. The zero-order valence-electron chi connectivity index (χ0n) is 22.5. The highest BCUT2D eigenvalue weighted by molar-refractivity contribution is 5.37. The van der Waals surface area contributed by atoms with E-state index < -0.39 is 24.5 Å². The molecule has 184 valence electrons. The Morgan fingerprint density at radius 1 is 0.656 bits per heavy atom. The summed E-state index contributed by atoms with van der Waals surface area (Å²) in [6.07, 6.45) is -2.08. The van der Waals surface area contributed by atoms with Crippen LogP contribution in [0.4, 0.5) is 0 Å². The molecule has 32 heavy (non-hydrogen) atoms. The van der Waals surface area contributed by atoms with Gasteiger partial charge in [0.15, 0.2) is 18.9 Å². The van der Waals surface area contributed by atoms with Gasteiger partial charge in [0, 0.05) is 16.7 Å². The number of rotatable bonds is 2. The van der Waals surface area contributed by atoms with Crippen molar-refractivity contribution < 1.29 is 19.3 Å². The first kappa shape index (κ1) is 32.5. The largest absolute Gasteiger partial charge is 0.364 e. The lowest BCUT2D eigenvalue weighted by molar-refractivity contribution is -0.294. The van der Waals surface area contributed by atoms with Crippen molar-refractivity contribution in [1.82, 2.24) is 0 Å². The molecule has 0 saturated carbocycles. The summed E-state index contributed by atoms with van der Waals surface area (Å²) in [7, 11) is 0. The molecule has 2 aliphatic rings. The summed E-state index contributed by atoms with van der Waals surface area (Å²) >= 11 is 0. The van der Waals surface area contributed by atoms with Gasteiger partial charge in [-0.15, -0.1) is 0 Å². The third kappa shape index (κ3) is 8.00. The third-order valence-corrected chi connectivity index (χ3v) is 4.28. The van der Waals surface area contributed by atoms with Crippen LogP contribution in [0.15, 0.2) is 48.5 Å². The lowest BCUT2D eigenvalue weighted by Gasteiger charge is -2.22. The molecule has 2 aliphatic heterocycles. The van der Waals surface area contributed by atoms with Crippen LogP contribution in [0.1, 0.15) is 124 Å². The molecule has 0 aromatic heterocycles.